The molecule has 0 aromatic heterocycles. The van der Waals surface area contributed by atoms with E-state index in [0.717, 1.165) is 32.7 Å². The third-order valence-corrected chi connectivity index (χ3v) is 5.25. The van der Waals surface area contributed by atoms with E-state index in [1.807, 2.05) is 60.7 Å². The van der Waals surface area contributed by atoms with E-state index in [0.29, 0.717) is 17.5 Å². The minimum absolute atomic E-state index is 0.0684. The molecule has 0 aliphatic heterocycles. The molecule has 4 aromatic rings. The van der Waals surface area contributed by atoms with Gasteiger partial charge in [0, 0.05) is 6.61 Å². The normalized spacial score (nSPS) is 10.3. The van der Waals surface area contributed by atoms with Gasteiger partial charge in [0.05, 0.1) is 25.3 Å². The maximum absolute atomic E-state index is 11.7. The Bertz CT molecular complexity index is 1310. The lowest BCUT2D eigenvalue weighted by Gasteiger charge is -2.08. The molecule has 4 aromatic carbocycles. The minimum atomic E-state index is -0.346. The lowest BCUT2D eigenvalue weighted by molar-refractivity contribution is 0.0594. The smallest absolute Gasteiger partial charge is 0.338 e. The molecule has 0 heterocycles. The fraction of sp³-hybridized carbons (Fsp3) is 0.143. The van der Waals surface area contributed by atoms with Crippen LogP contribution in [0.15, 0.2) is 79.4 Å². The van der Waals surface area contributed by atoms with Gasteiger partial charge in [-0.3, -0.25) is 0 Å². The predicted octanol–water partition coefficient (Wildman–Crippen LogP) is 5.43. The zero-order valence-corrected chi connectivity index (χ0v) is 18.7. The monoisotopic (exact) mass is 442 g/mol. The van der Waals surface area contributed by atoms with Crippen molar-refractivity contribution < 1.29 is 24.2 Å². The minimum Gasteiger partial charge on any atom is -0.465 e. The number of fused-ring (bicyclic) bond motifs is 2. The van der Waals surface area contributed by atoms with Crippen LogP contribution in [0.5, 0.6) is 0 Å². The Morgan fingerprint density at radius 2 is 1.33 bits per heavy atom. The number of hydrogen-bond donors (Lipinski definition) is 1. The van der Waals surface area contributed by atoms with Crippen molar-refractivity contribution in [2.75, 3.05) is 20.8 Å². The van der Waals surface area contributed by atoms with E-state index in [1.54, 1.807) is 18.2 Å². The third-order valence-electron chi connectivity index (χ3n) is 5.25. The maximum Gasteiger partial charge on any atom is 0.338 e. The van der Waals surface area contributed by atoms with Crippen molar-refractivity contribution >= 4 is 39.6 Å². The Morgan fingerprint density at radius 3 is 1.85 bits per heavy atom. The summed E-state index contributed by atoms with van der Waals surface area (Å²) in [5.74, 6) is -0.666. The van der Waals surface area contributed by atoms with E-state index in [2.05, 4.69) is 6.58 Å². The van der Waals surface area contributed by atoms with Crippen molar-refractivity contribution in [3.63, 3.8) is 0 Å². The topological polar surface area (TPSA) is 72.8 Å². The zero-order chi connectivity index (χ0) is 23.8. The largest absolute Gasteiger partial charge is 0.465 e. The lowest BCUT2D eigenvalue weighted by atomic mass is 9.99. The Balaban J connectivity index is 0.000000186. The number of carbonyl (C=O) groups is 2. The number of hydrogen-bond acceptors (Lipinski definition) is 5. The van der Waals surface area contributed by atoms with Gasteiger partial charge >= 0.3 is 11.9 Å². The number of methoxy groups -OCH3 is 2. The van der Waals surface area contributed by atoms with E-state index in [1.165, 1.54) is 14.2 Å². The first-order valence-electron chi connectivity index (χ1n) is 10.5. The average Bonchev–Trinajstić information content (AvgIpc) is 2.87. The van der Waals surface area contributed by atoms with E-state index in [-0.39, 0.29) is 18.5 Å². The molecule has 0 amide bonds. The first-order chi connectivity index (χ1) is 16.0. The molecule has 1 N–H and O–H groups in total. The van der Waals surface area contributed by atoms with Gasteiger partial charge in [-0.05, 0) is 57.3 Å². The van der Waals surface area contributed by atoms with Crippen molar-refractivity contribution in [3.8, 4) is 0 Å². The van der Waals surface area contributed by atoms with Gasteiger partial charge in [-0.15, -0.1) is 0 Å². The van der Waals surface area contributed by atoms with Gasteiger partial charge in [0.2, 0.25) is 0 Å². The molecule has 33 heavy (non-hydrogen) atoms. The summed E-state index contributed by atoms with van der Waals surface area (Å²) in [4.78, 5) is 23.3. The summed E-state index contributed by atoms with van der Waals surface area (Å²) in [5.41, 5.74) is 2.98. The van der Waals surface area contributed by atoms with Gasteiger partial charge in [-0.2, -0.15) is 0 Å². The highest BCUT2D eigenvalue weighted by atomic mass is 16.5. The van der Waals surface area contributed by atoms with E-state index < -0.39 is 0 Å². The van der Waals surface area contributed by atoms with Crippen LogP contribution in [-0.2, 0) is 15.9 Å². The molecule has 0 bridgehead atoms. The standard InChI is InChI=1S/C14H14O3.C14H12O2/c1-17-14(16)13-9-10(6-7-15)8-11-4-2-3-5-12(11)13;1-3-10-8-11-6-4-5-7-12(11)13(9-10)14(15)16-2/h2-5,8-9,15H,6-7H2,1H3;3-9H,1H2,2H3. The molecule has 5 nitrogen and oxygen atoms in total. The van der Waals surface area contributed by atoms with Crippen LogP contribution in [0.2, 0.25) is 0 Å². The van der Waals surface area contributed by atoms with Crippen LogP contribution < -0.4 is 0 Å². The van der Waals surface area contributed by atoms with Crippen molar-refractivity contribution in [2.45, 2.75) is 6.42 Å². The number of ether oxygens (including phenoxy) is 2. The number of aliphatic hydroxyl groups excluding tert-OH is 1. The second kappa shape index (κ2) is 11.1. The van der Waals surface area contributed by atoms with E-state index in [9.17, 15) is 9.59 Å². The van der Waals surface area contributed by atoms with Crippen molar-refractivity contribution in [3.05, 3.63) is 102 Å². The van der Waals surface area contributed by atoms with Gasteiger partial charge in [0.1, 0.15) is 0 Å². The average molecular weight is 443 g/mol. The SMILES string of the molecule is C=Cc1cc(C(=O)OC)c2ccccc2c1.COC(=O)c1cc(CCO)cc2ccccc12. The molecule has 0 spiro atoms. The summed E-state index contributed by atoms with van der Waals surface area (Å²) in [6, 6.07) is 22.9. The predicted molar refractivity (Wildman–Crippen MR) is 131 cm³/mol. The highest BCUT2D eigenvalue weighted by Gasteiger charge is 2.12. The quantitative estimate of drug-likeness (QED) is 0.417. The third kappa shape index (κ3) is 5.45. The molecular weight excluding hydrogens is 416 g/mol. The Hall–Kier alpha value is -3.96. The Kier molecular flexibility index (Phi) is 7.95. The summed E-state index contributed by atoms with van der Waals surface area (Å²) < 4.78 is 9.55. The molecule has 0 aliphatic carbocycles. The van der Waals surface area contributed by atoms with Crippen molar-refractivity contribution in [2.24, 2.45) is 0 Å². The fourth-order valence-corrected chi connectivity index (χ4v) is 3.66. The molecule has 0 radical (unpaired) electrons. The number of carbonyl (C=O) groups excluding carboxylic acids is 2. The second-order valence-electron chi connectivity index (χ2n) is 7.32. The number of aliphatic hydroxyl groups is 1. The number of benzene rings is 4. The molecule has 0 aliphatic rings. The van der Waals surface area contributed by atoms with Crippen LogP contribution >= 0.6 is 0 Å². The molecule has 0 unspecified atom stereocenters. The maximum atomic E-state index is 11.7. The van der Waals surface area contributed by atoms with Gasteiger partial charge < -0.3 is 14.6 Å². The molecule has 5 heteroatoms. The molecule has 4 rings (SSSR count). The second-order valence-corrected chi connectivity index (χ2v) is 7.32. The molecule has 0 saturated carbocycles. The van der Waals surface area contributed by atoms with Crippen LogP contribution in [0.4, 0.5) is 0 Å². The van der Waals surface area contributed by atoms with Crippen molar-refractivity contribution in [1.82, 2.24) is 0 Å². The van der Waals surface area contributed by atoms with E-state index in [4.69, 9.17) is 14.6 Å². The highest BCUT2D eigenvalue weighted by molar-refractivity contribution is 6.06. The summed E-state index contributed by atoms with van der Waals surface area (Å²) in [6.45, 7) is 3.78. The summed E-state index contributed by atoms with van der Waals surface area (Å²) in [5, 5.41) is 12.7. The van der Waals surface area contributed by atoms with Gasteiger partial charge in [0.15, 0.2) is 0 Å². The van der Waals surface area contributed by atoms with Crippen LogP contribution in [0.25, 0.3) is 27.6 Å². The van der Waals surface area contributed by atoms with Gasteiger partial charge in [0.25, 0.3) is 0 Å². The first kappa shape index (κ1) is 23.7. The summed E-state index contributed by atoms with van der Waals surface area (Å²) >= 11 is 0. The zero-order valence-electron chi connectivity index (χ0n) is 18.7. The molecule has 0 fully saturated rings. The Labute approximate surface area is 192 Å². The van der Waals surface area contributed by atoms with E-state index >= 15 is 0 Å². The molecule has 168 valence electrons. The van der Waals surface area contributed by atoms with Crippen LogP contribution in [0.3, 0.4) is 0 Å². The first-order valence-corrected chi connectivity index (χ1v) is 10.5. The van der Waals surface area contributed by atoms with Crippen LogP contribution in [0.1, 0.15) is 31.8 Å². The van der Waals surface area contributed by atoms with Crippen LogP contribution in [0, 0.1) is 0 Å². The van der Waals surface area contributed by atoms with Crippen molar-refractivity contribution in [1.29, 1.82) is 0 Å². The summed E-state index contributed by atoms with van der Waals surface area (Å²) in [7, 11) is 2.76. The summed E-state index contributed by atoms with van der Waals surface area (Å²) in [6.07, 6.45) is 2.26. The Morgan fingerprint density at radius 1 is 0.818 bits per heavy atom. The van der Waals surface area contributed by atoms with Crippen LogP contribution in [-0.4, -0.2) is 37.9 Å². The molecule has 0 atom stereocenters. The van der Waals surface area contributed by atoms with Gasteiger partial charge in [-0.1, -0.05) is 67.3 Å². The highest BCUT2D eigenvalue weighted by Crippen LogP contribution is 2.23. The molecule has 0 saturated heterocycles. The number of esters is 2. The fourth-order valence-electron chi connectivity index (χ4n) is 3.66. The number of rotatable bonds is 5. The van der Waals surface area contributed by atoms with Gasteiger partial charge in [-0.25, -0.2) is 9.59 Å². The lowest BCUT2D eigenvalue weighted by Crippen LogP contribution is -2.04. The molecular formula is C28H26O5.